The number of amides is 2. The fourth-order valence-electron chi connectivity index (χ4n) is 4.68. The van der Waals surface area contributed by atoms with Crippen LogP contribution in [0.2, 0.25) is 0 Å². The number of nitrogens with one attached hydrogen (secondary N) is 1. The van der Waals surface area contributed by atoms with Crippen LogP contribution in [0.1, 0.15) is 81.0 Å². The molecule has 6 nitrogen and oxygen atoms in total. The van der Waals surface area contributed by atoms with Gasteiger partial charge in [-0.1, -0.05) is 113 Å². The molecule has 0 fully saturated rings. The highest BCUT2D eigenvalue weighted by atomic mass is 16.5. The maximum Gasteiger partial charge on any atom is 0.333 e. The highest BCUT2D eigenvalue weighted by Gasteiger charge is 2.19. The summed E-state index contributed by atoms with van der Waals surface area (Å²) < 4.78 is 5.71. The summed E-state index contributed by atoms with van der Waals surface area (Å²) in [6, 6.07) is 25.6. The molecule has 1 atom stereocenters. The molecule has 3 aromatic carbocycles. The Bertz CT molecular complexity index is 1180. The molecule has 2 amide bonds. The van der Waals surface area contributed by atoms with E-state index < -0.39 is 12.1 Å². The minimum Gasteiger partial charge on any atom is -0.479 e. The van der Waals surface area contributed by atoms with Crippen molar-refractivity contribution in [1.82, 2.24) is 4.90 Å². The molecule has 6 heteroatoms. The fraction of sp³-hybridized carbons (Fsp3) is 0.429. The number of unbranched alkanes of at least 4 members (excludes halogenated alkanes) is 4. The number of benzene rings is 3. The average Bonchev–Trinajstić information content (AvgIpc) is 2.98. The van der Waals surface area contributed by atoms with Gasteiger partial charge in [0.1, 0.15) is 0 Å². The fourth-order valence-corrected chi connectivity index (χ4v) is 4.68. The second-order valence-electron chi connectivity index (χ2n) is 11.0. The van der Waals surface area contributed by atoms with E-state index in [1.165, 1.54) is 24.8 Å². The summed E-state index contributed by atoms with van der Waals surface area (Å²) in [7, 11) is 0. The van der Waals surface area contributed by atoms with Crippen molar-refractivity contribution in [1.29, 1.82) is 0 Å². The summed E-state index contributed by atoms with van der Waals surface area (Å²) in [6.45, 7) is 8.11. The smallest absolute Gasteiger partial charge is 0.333 e. The van der Waals surface area contributed by atoms with Gasteiger partial charge in [0.2, 0.25) is 0 Å². The molecule has 41 heavy (non-hydrogen) atoms. The van der Waals surface area contributed by atoms with E-state index >= 15 is 0 Å². The molecule has 2 N–H and O–H groups in total. The van der Waals surface area contributed by atoms with Crippen LogP contribution in [-0.4, -0.2) is 41.2 Å². The van der Waals surface area contributed by atoms with Crippen LogP contribution < -0.4 is 5.32 Å². The van der Waals surface area contributed by atoms with Gasteiger partial charge in [0, 0.05) is 25.2 Å². The van der Waals surface area contributed by atoms with Gasteiger partial charge in [-0.05, 0) is 53.1 Å². The van der Waals surface area contributed by atoms with Gasteiger partial charge in [0.15, 0.2) is 6.10 Å². The molecule has 0 spiro atoms. The number of carboxylic acid groups (broad SMARTS) is 1. The standard InChI is InChI=1S/C35H46N2O4/c1-4-5-6-7-11-23-37(35(40)36-32-20-18-31(19-21-32)27(2)3)24-22-28-14-16-29(17-15-28)25-33(34(38)39)41-26-30-12-9-8-10-13-30/h8-10,12-21,27,33H,4-7,11,22-26H2,1-3H3,(H,36,40)(H,38,39)/t33-/m0/s1. The van der Waals surface area contributed by atoms with Crippen molar-refractivity contribution >= 4 is 17.7 Å². The Kier molecular flexibility index (Phi) is 13.4. The van der Waals surface area contributed by atoms with Crippen molar-refractivity contribution in [2.45, 2.75) is 84.3 Å². The SMILES string of the molecule is CCCCCCCN(CCc1ccc(C[C@H](OCc2ccccc2)C(=O)O)cc1)C(=O)Nc1ccc(C(C)C)cc1. The second kappa shape index (κ2) is 17.2. The van der Waals surface area contributed by atoms with E-state index in [9.17, 15) is 14.7 Å². The van der Waals surface area contributed by atoms with Gasteiger partial charge in [-0.2, -0.15) is 0 Å². The lowest BCUT2D eigenvalue weighted by atomic mass is 10.0. The van der Waals surface area contributed by atoms with Gasteiger partial charge >= 0.3 is 12.0 Å². The van der Waals surface area contributed by atoms with E-state index in [1.54, 1.807) is 0 Å². The van der Waals surface area contributed by atoms with Gasteiger partial charge in [-0.3, -0.25) is 0 Å². The van der Waals surface area contributed by atoms with Gasteiger partial charge < -0.3 is 20.1 Å². The zero-order valence-corrected chi connectivity index (χ0v) is 24.9. The van der Waals surface area contributed by atoms with Gasteiger partial charge in [0.25, 0.3) is 0 Å². The lowest BCUT2D eigenvalue weighted by molar-refractivity contribution is -0.151. The predicted octanol–water partition coefficient (Wildman–Crippen LogP) is 8.07. The zero-order valence-electron chi connectivity index (χ0n) is 24.9. The van der Waals surface area contributed by atoms with Crippen molar-refractivity contribution in [2.75, 3.05) is 18.4 Å². The van der Waals surface area contributed by atoms with Gasteiger partial charge in [-0.25, -0.2) is 9.59 Å². The lowest BCUT2D eigenvalue weighted by Gasteiger charge is -2.23. The molecule has 3 aromatic rings. The lowest BCUT2D eigenvalue weighted by Crippen LogP contribution is -2.37. The number of nitrogens with zero attached hydrogens (tertiary/aromatic N) is 1. The molecule has 3 rings (SSSR count). The number of urea groups is 1. The molecule has 0 bridgehead atoms. The highest BCUT2D eigenvalue weighted by molar-refractivity contribution is 5.89. The number of ether oxygens (including phenoxy) is 1. The second-order valence-corrected chi connectivity index (χ2v) is 11.0. The van der Waals surface area contributed by atoms with Gasteiger partial charge in [0.05, 0.1) is 6.61 Å². The Balaban J connectivity index is 1.56. The molecule has 0 saturated carbocycles. The normalized spacial score (nSPS) is 11.8. The molecule has 0 aromatic heterocycles. The third-order valence-corrected chi connectivity index (χ3v) is 7.33. The van der Waals surface area contributed by atoms with E-state index in [4.69, 9.17) is 4.74 Å². The van der Waals surface area contributed by atoms with Crippen LogP contribution in [0.5, 0.6) is 0 Å². The maximum absolute atomic E-state index is 13.2. The van der Waals surface area contributed by atoms with Crippen molar-refractivity contribution in [2.24, 2.45) is 0 Å². The van der Waals surface area contributed by atoms with E-state index in [0.717, 1.165) is 48.2 Å². The first-order valence-electron chi connectivity index (χ1n) is 15.0. The Hall–Kier alpha value is -3.64. The van der Waals surface area contributed by atoms with Crippen LogP contribution in [0.25, 0.3) is 0 Å². The van der Waals surface area contributed by atoms with E-state index in [2.05, 4.69) is 38.2 Å². The average molecular weight is 559 g/mol. The summed E-state index contributed by atoms with van der Waals surface area (Å²) in [5, 5.41) is 12.7. The third kappa shape index (κ3) is 11.4. The molecule has 0 heterocycles. The summed E-state index contributed by atoms with van der Waals surface area (Å²) in [5.74, 6) is -0.521. The van der Waals surface area contributed by atoms with Crippen LogP contribution in [-0.2, 0) is 29.0 Å². The molecule has 0 aliphatic carbocycles. The molecular formula is C35H46N2O4. The molecule has 0 unspecified atom stereocenters. The first-order valence-corrected chi connectivity index (χ1v) is 15.0. The summed E-state index contributed by atoms with van der Waals surface area (Å²) in [5.41, 5.74) is 5.01. The first kappa shape index (κ1) is 31.9. The van der Waals surface area contributed by atoms with Crippen LogP contribution in [0.4, 0.5) is 10.5 Å². The minimum atomic E-state index is -0.968. The zero-order chi connectivity index (χ0) is 29.5. The van der Waals surface area contributed by atoms with Crippen LogP contribution >= 0.6 is 0 Å². The number of anilines is 1. The Labute approximate surface area is 245 Å². The summed E-state index contributed by atoms with van der Waals surface area (Å²) in [4.78, 5) is 26.9. The van der Waals surface area contributed by atoms with E-state index in [-0.39, 0.29) is 12.6 Å². The minimum absolute atomic E-state index is 0.0747. The third-order valence-electron chi connectivity index (χ3n) is 7.33. The van der Waals surface area contributed by atoms with Crippen LogP contribution in [0.15, 0.2) is 78.9 Å². The number of carbonyl (C=O) groups is 2. The van der Waals surface area contributed by atoms with Crippen LogP contribution in [0.3, 0.4) is 0 Å². The quantitative estimate of drug-likeness (QED) is 0.164. The predicted molar refractivity (Wildman–Crippen MR) is 166 cm³/mol. The molecule has 220 valence electrons. The van der Waals surface area contributed by atoms with E-state index in [1.807, 2.05) is 71.6 Å². The number of rotatable bonds is 17. The number of hydrogen-bond acceptors (Lipinski definition) is 3. The van der Waals surface area contributed by atoms with Crippen molar-refractivity contribution in [3.05, 3.63) is 101 Å². The van der Waals surface area contributed by atoms with Crippen LogP contribution in [0, 0.1) is 0 Å². The summed E-state index contributed by atoms with van der Waals surface area (Å²) >= 11 is 0. The molecule has 0 radical (unpaired) electrons. The number of aliphatic carboxylic acids is 1. The van der Waals surface area contributed by atoms with Crippen molar-refractivity contribution < 1.29 is 19.4 Å². The number of hydrogen-bond donors (Lipinski definition) is 2. The number of carbonyl (C=O) groups excluding carboxylic acids is 1. The Morgan fingerprint density at radius 2 is 1.46 bits per heavy atom. The maximum atomic E-state index is 13.2. The molecular weight excluding hydrogens is 512 g/mol. The Morgan fingerprint density at radius 3 is 2.10 bits per heavy atom. The topological polar surface area (TPSA) is 78.9 Å². The van der Waals surface area contributed by atoms with E-state index in [0.29, 0.717) is 18.9 Å². The molecule has 0 aliphatic rings. The van der Waals surface area contributed by atoms with Gasteiger partial charge in [-0.15, -0.1) is 0 Å². The van der Waals surface area contributed by atoms with Crippen molar-refractivity contribution in [3.63, 3.8) is 0 Å². The molecule has 0 saturated heterocycles. The number of carboxylic acids is 1. The van der Waals surface area contributed by atoms with Crippen molar-refractivity contribution in [3.8, 4) is 0 Å². The first-order chi connectivity index (χ1) is 19.9. The molecule has 0 aliphatic heterocycles. The monoisotopic (exact) mass is 558 g/mol. The Morgan fingerprint density at radius 1 is 0.805 bits per heavy atom. The highest BCUT2D eigenvalue weighted by Crippen LogP contribution is 2.18. The largest absolute Gasteiger partial charge is 0.479 e. The summed E-state index contributed by atoms with van der Waals surface area (Å²) in [6.07, 6.45) is 5.81.